The highest BCUT2D eigenvalue weighted by molar-refractivity contribution is 5.85. The van der Waals surface area contributed by atoms with Crippen molar-refractivity contribution in [2.75, 3.05) is 13.2 Å². The molecule has 0 bridgehead atoms. The van der Waals surface area contributed by atoms with Crippen LogP contribution in [-0.4, -0.2) is 18.3 Å². The molecule has 3 N–H and O–H groups in total. The van der Waals surface area contributed by atoms with Gasteiger partial charge in [-0.15, -0.1) is 12.4 Å². The highest BCUT2D eigenvalue weighted by atomic mass is 35.5. The second-order valence-corrected chi connectivity index (χ2v) is 3.12. The van der Waals surface area contributed by atoms with Gasteiger partial charge < -0.3 is 15.6 Å². The van der Waals surface area contributed by atoms with Crippen LogP contribution in [0.1, 0.15) is 24.9 Å². The van der Waals surface area contributed by atoms with Gasteiger partial charge in [-0.25, -0.2) is 0 Å². The van der Waals surface area contributed by atoms with Crippen molar-refractivity contribution in [2.24, 2.45) is 5.73 Å². The second-order valence-electron chi connectivity index (χ2n) is 3.12. The van der Waals surface area contributed by atoms with Crippen molar-refractivity contribution in [1.29, 1.82) is 0 Å². The normalized spacial score (nSPS) is 11.7. The van der Waals surface area contributed by atoms with Crippen molar-refractivity contribution in [3.05, 3.63) is 29.8 Å². The molecule has 1 rings (SSSR count). The molecule has 1 aromatic rings. The van der Waals surface area contributed by atoms with E-state index in [-0.39, 0.29) is 25.1 Å². The Bertz CT molecular complexity index is 264. The Morgan fingerprint density at radius 1 is 1.33 bits per heavy atom. The SMILES string of the molecule is CCOc1ccc([C@@H](N)CCO)cc1.Cl. The van der Waals surface area contributed by atoms with Gasteiger partial charge in [0.05, 0.1) is 6.61 Å². The number of aliphatic hydroxyl groups is 1. The van der Waals surface area contributed by atoms with E-state index < -0.39 is 0 Å². The van der Waals surface area contributed by atoms with Crippen LogP contribution in [0.25, 0.3) is 0 Å². The van der Waals surface area contributed by atoms with Gasteiger partial charge in [0.1, 0.15) is 5.75 Å². The van der Waals surface area contributed by atoms with Crippen LogP contribution < -0.4 is 10.5 Å². The van der Waals surface area contributed by atoms with Gasteiger partial charge in [-0.05, 0) is 31.0 Å². The van der Waals surface area contributed by atoms with Gasteiger partial charge in [-0.1, -0.05) is 12.1 Å². The molecule has 3 nitrogen and oxygen atoms in total. The highest BCUT2D eigenvalue weighted by Crippen LogP contribution is 2.18. The van der Waals surface area contributed by atoms with E-state index in [1.54, 1.807) is 0 Å². The van der Waals surface area contributed by atoms with E-state index in [0.29, 0.717) is 13.0 Å². The molecule has 0 aliphatic carbocycles. The average Bonchev–Trinajstić information content (AvgIpc) is 2.20. The Hall–Kier alpha value is -0.770. The van der Waals surface area contributed by atoms with Crippen LogP contribution in [0.5, 0.6) is 5.75 Å². The van der Waals surface area contributed by atoms with E-state index in [2.05, 4.69) is 0 Å². The predicted octanol–water partition coefficient (Wildman–Crippen LogP) is 1.89. The zero-order valence-electron chi connectivity index (χ0n) is 8.85. The third kappa shape index (κ3) is 4.51. The van der Waals surface area contributed by atoms with E-state index in [1.807, 2.05) is 31.2 Å². The fourth-order valence-electron chi connectivity index (χ4n) is 1.28. The Labute approximate surface area is 96.7 Å². The molecule has 0 saturated carbocycles. The summed E-state index contributed by atoms with van der Waals surface area (Å²) in [6.07, 6.45) is 0.591. The molecule has 0 fully saturated rings. The van der Waals surface area contributed by atoms with Crippen molar-refractivity contribution < 1.29 is 9.84 Å². The summed E-state index contributed by atoms with van der Waals surface area (Å²) < 4.78 is 5.31. The van der Waals surface area contributed by atoms with Gasteiger partial charge in [0.25, 0.3) is 0 Å². The summed E-state index contributed by atoms with van der Waals surface area (Å²) >= 11 is 0. The molecule has 0 aliphatic rings. The summed E-state index contributed by atoms with van der Waals surface area (Å²) in [6.45, 7) is 2.74. The molecule has 0 unspecified atom stereocenters. The van der Waals surface area contributed by atoms with Crippen molar-refractivity contribution in [1.82, 2.24) is 0 Å². The smallest absolute Gasteiger partial charge is 0.119 e. The molecular weight excluding hydrogens is 214 g/mol. The number of benzene rings is 1. The molecular formula is C11H18ClNO2. The molecule has 1 atom stereocenters. The third-order valence-corrected chi connectivity index (χ3v) is 2.06. The van der Waals surface area contributed by atoms with Crippen molar-refractivity contribution >= 4 is 12.4 Å². The summed E-state index contributed by atoms with van der Waals surface area (Å²) in [5.74, 6) is 0.854. The lowest BCUT2D eigenvalue weighted by Gasteiger charge is -2.10. The van der Waals surface area contributed by atoms with Gasteiger partial charge in [-0.2, -0.15) is 0 Å². The molecule has 0 aliphatic heterocycles. The van der Waals surface area contributed by atoms with Crippen LogP contribution in [0.15, 0.2) is 24.3 Å². The van der Waals surface area contributed by atoms with E-state index in [0.717, 1.165) is 11.3 Å². The lowest BCUT2D eigenvalue weighted by Crippen LogP contribution is -2.11. The maximum Gasteiger partial charge on any atom is 0.119 e. The molecule has 0 aromatic heterocycles. The van der Waals surface area contributed by atoms with Gasteiger partial charge in [0.2, 0.25) is 0 Å². The van der Waals surface area contributed by atoms with E-state index >= 15 is 0 Å². The molecule has 4 heteroatoms. The summed E-state index contributed by atoms with van der Waals surface area (Å²) in [7, 11) is 0. The van der Waals surface area contributed by atoms with E-state index in [4.69, 9.17) is 15.6 Å². The summed E-state index contributed by atoms with van der Waals surface area (Å²) in [6, 6.07) is 7.58. The van der Waals surface area contributed by atoms with Crippen LogP contribution in [0, 0.1) is 0 Å². The average molecular weight is 232 g/mol. The van der Waals surface area contributed by atoms with Crippen LogP contribution in [-0.2, 0) is 0 Å². The minimum absolute atomic E-state index is 0. The predicted molar refractivity (Wildman–Crippen MR) is 63.5 cm³/mol. The number of halogens is 1. The van der Waals surface area contributed by atoms with Gasteiger partial charge >= 0.3 is 0 Å². The molecule has 0 radical (unpaired) electrons. The fourth-order valence-corrected chi connectivity index (χ4v) is 1.28. The van der Waals surface area contributed by atoms with E-state index in [1.165, 1.54) is 0 Å². The molecule has 0 amide bonds. The fraction of sp³-hybridized carbons (Fsp3) is 0.455. The highest BCUT2D eigenvalue weighted by Gasteiger charge is 2.04. The minimum Gasteiger partial charge on any atom is -0.494 e. The van der Waals surface area contributed by atoms with Crippen molar-refractivity contribution in [3.63, 3.8) is 0 Å². The number of hydrogen-bond acceptors (Lipinski definition) is 3. The standard InChI is InChI=1S/C11H17NO2.ClH/c1-2-14-10-5-3-9(4-6-10)11(12)7-8-13;/h3-6,11,13H,2,7-8,12H2,1H3;1H/t11-;/m0./s1. The maximum atomic E-state index is 8.73. The first-order valence-corrected chi connectivity index (χ1v) is 4.87. The topological polar surface area (TPSA) is 55.5 Å². The summed E-state index contributed by atoms with van der Waals surface area (Å²) in [5.41, 5.74) is 6.86. The number of aliphatic hydroxyl groups excluding tert-OH is 1. The summed E-state index contributed by atoms with van der Waals surface area (Å²) in [5, 5.41) is 8.73. The van der Waals surface area contributed by atoms with Crippen LogP contribution in [0.3, 0.4) is 0 Å². The Morgan fingerprint density at radius 2 is 1.93 bits per heavy atom. The van der Waals surface area contributed by atoms with Gasteiger partial charge in [0, 0.05) is 12.6 Å². The first-order valence-electron chi connectivity index (χ1n) is 4.87. The lowest BCUT2D eigenvalue weighted by molar-refractivity contribution is 0.276. The van der Waals surface area contributed by atoms with Crippen LogP contribution in [0.4, 0.5) is 0 Å². The van der Waals surface area contributed by atoms with Gasteiger partial charge in [0.15, 0.2) is 0 Å². The zero-order valence-corrected chi connectivity index (χ0v) is 9.67. The molecule has 0 spiro atoms. The lowest BCUT2D eigenvalue weighted by atomic mass is 10.1. The Kier molecular flexibility index (Phi) is 7.13. The Balaban J connectivity index is 0.00000196. The number of nitrogens with two attached hydrogens (primary N) is 1. The number of hydrogen-bond donors (Lipinski definition) is 2. The molecule has 1 aromatic carbocycles. The minimum atomic E-state index is -0.0873. The molecule has 86 valence electrons. The number of ether oxygens (including phenoxy) is 1. The zero-order chi connectivity index (χ0) is 10.4. The quantitative estimate of drug-likeness (QED) is 0.814. The maximum absolute atomic E-state index is 8.73. The third-order valence-electron chi connectivity index (χ3n) is 2.06. The van der Waals surface area contributed by atoms with Crippen molar-refractivity contribution in [3.8, 4) is 5.75 Å². The van der Waals surface area contributed by atoms with Crippen molar-refractivity contribution in [2.45, 2.75) is 19.4 Å². The second kappa shape index (κ2) is 7.51. The first kappa shape index (κ1) is 14.2. The summed E-state index contributed by atoms with van der Waals surface area (Å²) in [4.78, 5) is 0. The Morgan fingerprint density at radius 3 is 2.40 bits per heavy atom. The number of rotatable bonds is 5. The molecule has 15 heavy (non-hydrogen) atoms. The monoisotopic (exact) mass is 231 g/mol. The molecule has 0 saturated heterocycles. The van der Waals surface area contributed by atoms with E-state index in [9.17, 15) is 0 Å². The van der Waals surface area contributed by atoms with Crippen LogP contribution in [0.2, 0.25) is 0 Å². The largest absolute Gasteiger partial charge is 0.494 e. The van der Waals surface area contributed by atoms with Gasteiger partial charge in [-0.3, -0.25) is 0 Å². The molecule has 0 heterocycles. The van der Waals surface area contributed by atoms with Crippen LogP contribution >= 0.6 is 12.4 Å². The first-order chi connectivity index (χ1) is 6.77.